The first-order chi connectivity index (χ1) is 7.91. The van der Waals surface area contributed by atoms with Crippen molar-refractivity contribution in [1.29, 1.82) is 0 Å². The lowest BCUT2D eigenvalue weighted by atomic mass is 10.3. The zero-order valence-corrected chi connectivity index (χ0v) is 12.5. The van der Waals surface area contributed by atoms with Gasteiger partial charge in [-0.05, 0) is 49.1 Å². The third kappa shape index (κ3) is 4.16. The van der Waals surface area contributed by atoms with Gasteiger partial charge in [0, 0.05) is 31.3 Å². The van der Waals surface area contributed by atoms with Gasteiger partial charge < -0.3 is 14.4 Å². The van der Waals surface area contributed by atoms with Crippen LogP contribution in [0.4, 0.5) is 0 Å². The lowest BCUT2D eigenvalue weighted by Gasteiger charge is -2.18. The molecule has 0 saturated heterocycles. The monoisotopic (exact) mass is 301 g/mol. The molecule has 17 heavy (non-hydrogen) atoms. The van der Waals surface area contributed by atoms with Crippen LogP contribution in [0.15, 0.2) is 16.7 Å². The molecule has 0 bridgehead atoms. The molecule has 0 atom stereocenters. The normalized spacial score (nSPS) is 10.9. The van der Waals surface area contributed by atoms with Crippen molar-refractivity contribution >= 4 is 21.8 Å². The molecule has 5 heteroatoms. The van der Waals surface area contributed by atoms with Crippen molar-refractivity contribution in [3.8, 4) is 0 Å². The minimum atomic E-state index is 0.0666. The van der Waals surface area contributed by atoms with Gasteiger partial charge in [-0.15, -0.1) is 0 Å². The number of amides is 1. The molecule has 1 aromatic rings. The molecule has 1 aromatic heterocycles. The summed E-state index contributed by atoms with van der Waals surface area (Å²) in [7, 11) is 7.80. The van der Waals surface area contributed by atoms with Crippen LogP contribution < -0.4 is 0 Å². The largest absolute Gasteiger partial charge is 0.345 e. The Morgan fingerprint density at radius 3 is 2.47 bits per heavy atom. The molecule has 96 valence electrons. The summed E-state index contributed by atoms with van der Waals surface area (Å²) in [6.07, 6.45) is 2.88. The first-order valence-corrected chi connectivity index (χ1v) is 6.43. The van der Waals surface area contributed by atoms with Gasteiger partial charge in [-0.1, -0.05) is 0 Å². The van der Waals surface area contributed by atoms with Gasteiger partial charge in [0.05, 0.1) is 0 Å². The molecular weight excluding hydrogens is 282 g/mol. The Morgan fingerprint density at radius 2 is 2.00 bits per heavy atom. The second kappa shape index (κ2) is 6.21. The molecule has 0 aliphatic heterocycles. The van der Waals surface area contributed by atoms with Gasteiger partial charge in [-0.3, -0.25) is 4.79 Å². The van der Waals surface area contributed by atoms with E-state index in [-0.39, 0.29) is 5.91 Å². The second-order valence-electron chi connectivity index (χ2n) is 4.54. The van der Waals surface area contributed by atoms with Gasteiger partial charge in [0.2, 0.25) is 0 Å². The Bertz CT molecular complexity index is 387. The minimum absolute atomic E-state index is 0.0666. The maximum absolute atomic E-state index is 12.1. The fourth-order valence-corrected chi connectivity index (χ4v) is 2.18. The van der Waals surface area contributed by atoms with Gasteiger partial charge in [0.25, 0.3) is 5.91 Å². The van der Waals surface area contributed by atoms with E-state index in [1.54, 1.807) is 4.90 Å². The van der Waals surface area contributed by atoms with E-state index in [1.165, 1.54) is 0 Å². The smallest absolute Gasteiger partial charge is 0.270 e. The van der Waals surface area contributed by atoms with Crippen molar-refractivity contribution < 1.29 is 4.79 Å². The summed E-state index contributed by atoms with van der Waals surface area (Å²) in [4.78, 5) is 16.0. The number of hydrogen-bond acceptors (Lipinski definition) is 2. The molecule has 0 N–H and O–H groups in total. The van der Waals surface area contributed by atoms with Crippen LogP contribution in [0.5, 0.6) is 0 Å². The highest BCUT2D eigenvalue weighted by Crippen LogP contribution is 2.15. The van der Waals surface area contributed by atoms with Crippen LogP contribution in [-0.4, -0.2) is 54.5 Å². The van der Waals surface area contributed by atoms with Crippen LogP contribution in [0.3, 0.4) is 0 Å². The van der Waals surface area contributed by atoms with E-state index in [9.17, 15) is 4.79 Å². The Balaban J connectivity index is 2.55. The molecule has 1 rings (SSSR count). The van der Waals surface area contributed by atoms with Crippen molar-refractivity contribution in [2.75, 3.05) is 34.2 Å². The van der Waals surface area contributed by atoms with Gasteiger partial charge in [-0.2, -0.15) is 0 Å². The van der Waals surface area contributed by atoms with Gasteiger partial charge in [0.15, 0.2) is 0 Å². The minimum Gasteiger partial charge on any atom is -0.345 e. The number of nitrogens with zero attached hydrogens (tertiary/aromatic N) is 3. The van der Waals surface area contributed by atoms with Crippen molar-refractivity contribution in [3.63, 3.8) is 0 Å². The molecule has 0 saturated carbocycles. The average molecular weight is 302 g/mol. The number of carbonyl (C=O) groups excluding carboxylic acids is 1. The number of rotatable bonds is 5. The standard InChI is InChI=1S/C12H20BrN3O/c1-14(2)6-5-7-15(3)12(17)11-8-10(13)9-16(11)4/h8-9H,5-7H2,1-4H3. The van der Waals surface area contributed by atoms with E-state index in [1.807, 2.05) is 45.0 Å². The van der Waals surface area contributed by atoms with Crippen LogP contribution in [0, 0.1) is 0 Å². The van der Waals surface area contributed by atoms with Crippen LogP contribution in [0.25, 0.3) is 0 Å². The third-order valence-electron chi connectivity index (χ3n) is 2.64. The Kier molecular flexibility index (Phi) is 5.21. The van der Waals surface area contributed by atoms with Crippen molar-refractivity contribution in [2.45, 2.75) is 6.42 Å². The van der Waals surface area contributed by atoms with E-state index in [0.29, 0.717) is 5.69 Å². The fourth-order valence-electron chi connectivity index (χ4n) is 1.66. The van der Waals surface area contributed by atoms with Gasteiger partial charge in [0.1, 0.15) is 5.69 Å². The molecule has 0 aliphatic carbocycles. The highest BCUT2D eigenvalue weighted by molar-refractivity contribution is 9.10. The summed E-state index contributed by atoms with van der Waals surface area (Å²) in [5.41, 5.74) is 0.712. The SMILES string of the molecule is CN(C)CCCN(C)C(=O)c1cc(Br)cn1C. The maximum Gasteiger partial charge on any atom is 0.270 e. The summed E-state index contributed by atoms with van der Waals surface area (Å²) >= 11 is 3.37. The maximum atomic E-state index is 12.1. The summed E-state index contributed by atoms with van der Waals surface area (Å²) in [6.45, 7) is 1.77. The second-order valence-corrected chi connectivity index (χ2v) is 5.45. The molecule has 0 aliphatic rings. The fraction of sp³-hybridized carbons (Fsp3) is 0.583. The third-order valence-corrected chi connectivity index (χ3v) is 3.07. The average Bonchev–Trinajstić information content (AvgIpc) is 2.56. The predicted molar refractivity (Wildman–Crippen MR) is 73.2 cm³/mol. The highest BCUT2D eigenvalue weighted by atomic mass is 79.9. The molecule has 0 unspecified atom stereocenters. The Hall–Kier alpha value is -0.810. The van der Waals surface area contributed by atoms with E-state index in [0.717, 1.165) is 24.0 Å². The number of hydrogen-bond donors (Lipinski definition) is 0. The van der Waals surface area contributed by atoms with Crippen molar-refractivity contribution in [2.24, 2.45) is 7.05 Å². The van der Waals surface area contributed by atoms with Crippen LogP contribution in [0.2, 0.25) is 0 Å². The van der Waals surface area contributed by atoms with E-state index in [2.05, 4.69) is 20.8 Å². The van der Waals surface area contributed by atoms with E-state index < -0.39 is 0 Å². The molecule has 4 nitrogen and oxygen atoms in total. The number of aryl methyl sites for hydroxylation is 1. The van der Waals surface area contributed by atoms with Crippen LogP contribution >= 0.6 is 15.9 Å². The summed E-state index contributed by atoms with van der Waals surface area (Å²) in [6, 6.07) is 1.85. The zero-order chi connectivity index (χ0) is 13.0. The lowest BCUT2D eigenvalue weighted by Crippen LogP contribution is -2.30. The zero-order valence-electron chi connectivity index (χ0n) is 10.9. The highest BCUT2D eigenvalue weighted by Gasteiger charge is 2.15. The predicted octanol–water partition coefficient (Wildman–Crippen LogP) is 1.81. The Labute approximate surface area is 111 Å². The molecule has 0 aromatic carbocycles. The molecule has 1 amide bonds. The van der Waals surface area contributed by atoms with Gasteiger partial charge >= 0.3 is 0 Å². The summed E-state index contributed by atoms with van der Waals surface area (Å²) < 4.78 is 2.78. The molecule has 0 radical (unpaired) electrons. The topological polar surface area (TPSA) is 28.5 Å². The molecule has 0 spiro atoms. The quantitative estimate of drug-likeness (QED) is 0.830. The molecular formula is C12H20BrN3O. The van der Waals surface area contributed by atoms with Crippen molar-refractivity contribution in [3.05, 3.63) is 22.4 Å². The number of carbonyl (C=O) groups is 1. The summed E-state index contributed by atoms with van der Waals surface area (Å²) in [5, 5.41) is 0. The number of halogens is 1. The lowest BCUT2D eigenvalue weighted by molar-refractivity contribution is 0.0781. The van der Waals surface area contributed by atoms with Crippen LogP contribution in [-0.2, 0) is 7.05 Å². The van der Waals surface area contributed by atoms with Gasteiger partial charge in [-0.25, -0.2) is 0 Å². The summed E-state index contributed by atoms with van der Waals surface area (Å²) in [5.74, 6) is 0.0666. The Morgan fingerprint density at radius 1 is 1.35 bits per heavy atom. The van der Waals surface area contributed by atoms with E-state index >= 15 is 0 Å². The van der Waals surface area contributed by atoms with Crippen molar-refractivity contribution in [1.82, 2.24) is 14.4 Å². The number of aromatic nitrogens is 1. The first kappa shape index (κ1) is 14.3. The first-order valence-electron chi connectivity index (χ1n) is 5.64. The van der Waals surface area contributed by atoms with E-state index in [4.69, 9.17) is 0 Å². The van der Waals surface area contributed by atoms with Crippen LogP contribution in [0.1, 0.15) is 16.9 Å². The molecule has 1 heterocycles. The molecule has 0 fully saturated rings.